The third kappa shape index (κ3) is 7.86. The van der Waals surface area contributed by atoms with Gasteiger partial charge in [0.2, 0.25) is 0 Å². The number of nitrogens with one attached hydrogen (secondary N) is 2. The molecule has 7 nitrogen and oxygen atoms in total. The minimum atomic E-state index is -1.45. The van der Waals surface area contributed by atoms with Crippen LogP contribution in [-0.4, -0.2) is 54.6 Å². The standard InChI is InChI=1S/C11H22N2O5/c1-3-4-8(7-18-2)13-11(17)12-6-5-9(14)10(15)16/h8-9,14H,3-7H2,1-2H3,(H,15,16)(H2,12,13,17). The molecule has 2 unspecified atom stereocenters. The lowest BCUT2D eigenvalue weighted by atomic mass is 10.2. The van der Waals surface area contributed by atoms with E-state index in [0.717, 1.165) is 12.8 Å². The molecule has 18 heavy (non-hydrogen) atoms. The van der Waals surface area contributed by atoms with Crippen LogP contribution in [0, 0.1) is 0 Å². The van der Waals surface area contributed by atoms with Gasteiger partial charge in [0, 0.05) is 20.1 Å². The van der Waals surface area contributed by atoms with E-state index in [-0.39, 0.29) is 25.0 Å². The lowest BCUT2D eigenvalue weighted by molar-refractivity contribution is -0.146. The smallest absolute Gasteiger partial charge is 0.332 e. The number of carboxylic acids is 1. The van der Waals surface area contributed by atoms with E-state index >= 15 is 0 Å². The summed E-state index contributed by atoms with van der Waals surface area (Å²) < 4.78 is 4.97. The zero-order valence-corrected chi connectivity index (χ0v) is 10.8. The Hall–Kier alpha value is -1.34. The summed E-state index contributed by atoms with van der Waals surface area (Å²) in [6.07, 6.45) is 0.256. The molecule has 0 aliphatic heterocycles. The highest BCUT2D eigenvalue weighted by Crippen LogP contribution is 1.97. The van der Waals surface area contributed by atoms with Crippen molar-refractivity contribution in [3.63, 3.8) is 0 Å². The lowest BCUT2D eigenvalue weighted by Gasteiger charge is -2.17. The van der Waals surface area contributed by atoms with Crippen molar-refractivity contribution in [2.24, 2.45) is 0 Å². The predicted octanol–water partition coefficient (Wildman–Crippen LogP) is -0.0637. The second kappa shape index (κ2) is 9.67. The molecule has 0 aromatic carbocycles. The third-order valence-electron chi connectivity index (χ3n) is 2.33. The number of carbonyl (C=O) groups is 2. The van der Waals surface area contributed by atoms with Gasteiger partial charge in [-0.25, -0.2) is 9.59 Å². The summed E-state index contributed by atoms with van der Waals surface area (Å²) >= 11 is 0. The number of methoxy groups -OCH3 is 1. The second-order valence-corrected chi connectivity index (χ2v) is 3.98. The first kappa shape index (κ1) is 16.7. The molecule has 4 N–H and O–H groups in total. The van der Waals surface area contributed by atoms with Gasteiger partial charge in [-0.1, -0.05) is 13.3 Å². The number of carbonyl (C=O) groups excluding carboxylic acids is 1. The van der Waals surface area contributed by atoms with Crippen molar-refractivity contribution in [1.29, 1.82) is 0 Å². The fourth-order valence-corrected chi connectivity index (χ4v) is 1.43. The molecule has 0 saturated heterocycles. The maximum Gasteiger partial charge on any atom is 0.332 e. The molecule has 0 spiro atoms. The normalized spacial score (nSPS) is 13.7. The van der Waals surface area contributed by atoms with Crippen LogP contribution in [0.25, 0.3) is 0 Å². The van der Waals surface area contributed by atoms with Crippen molar-refractivity contribution in [1.82, 2.24) is 10.6 Å². The van der Waals surface area contributed by atoms with Crippen molar-refractivity contribution in [2.45, 2.75) is 38.3 Å². The van der Waals surface area contributed by atoms with Crippen LogP contribution in [-0.2, 0) is 9.53 Å². The maximum absolute atomic E-state index is 11.4. The Bertz CT molecular complexity index is 254. The zero-order valence-electron chi connectivity index (χ0n) is 10.8. The number of ether oxygens (including phenoxy) is 1. The Morgan fingerprint density at radius 3 is 2.50 bits per heavy atom. The molecule has 0 saturated carbocycles. The van der Waals surface area contributed by atoms with Crippen LogP contribution >= 0.6 is 0 Å². The summed E-state index contributed by atoms with van der Waals surface area (Å²) in [7, 11) is 1.56. The van der Waals surface area contributed by atoms with E-state index in [0.29, 0.717) is 6.61 Å². The molecule has 106 valence electrons. The number of hydrogen-bond donors (Lipinski definition) is 4. The van der Waals surface area contributed by atoms with Crippen LogP contribution in [0.3, 0.4) is 0 Å². The number of carboxylic acid groups (broad SMARTS) is 1. The van der Waals surface area contributed by atoms with Crippen LogP contribution < -0.4 is 10.6 Å². The SMILES string of the molecule is CCCC(COC)NC(=O)NCCC(O)C(=O)O. The Labute approximate surface area is 107 Å². The minimum absolute atomic E-state index is 0.0223. The second-order valence-electron chi connectivity index (χ2n) is 3.98. The predicted molar refractivity (Wildman–Crippen MR) is 65.4 cm³/mol. The van der Waals surface area contributed by atoms with Gasteiger partial charge in [-0.3, -0.25) is 0 Å². The van der Waals surface area contributed by atoms with Gasteiger partial charge in [-0.2, -0.15) is 0 Å². The molecule has 0 aliphatic carbocycles. The van der Waals surface area contributed by atoms with Crippen molar-refractivity contribution < 1.29 is 24.5 Å². The van der Waals surface area contributed by atoms with Crippen LogP contribution in [0.2, 0.25) is 0 Å². The summed E-state index contributed by atoms with van der Waals surface area (Å²) in [5, 5.41) is 22.6. The average Bonchev–Trinajstić information content (AvgIpc) is 2.29. The monoisotopic (exact) mass is 262 g/mol. The molecule has 0 fully saturated rings. The summed E-state index contributed by atoms with van der Waals surface area (Å²) in [6, 6.07) is -0.451. The average molecular weight is 262 g/mol. The van der Waals surface area contributed by atoms with Gasteiger partial charge >= 0.3 is 12.0 Å². The third-order valence-corrected chi connectivity index (χ3v) is 2.33. The number of amides is 2. The van der Waals surface area contributed by atoms with Gasteiger partial charge in [0.05, 0.1) is 12.6 Å². The van der Waals surface area contributed by atoms with Crippen LogP contribution in [0.4, 0.5) is 4.79 Å². The van der Waals surface area contributed by atoms with Gasteiger partial charge in [0.25, 0.3) is 0 Å². The van der Waals surface area contributed by atoms with Crippen molar-refractivity contribution in [3.05, 3.63) is 0 Å². The zero-order chi connectivity index (χ0) is 14.0. The van der Waals surface area contributed by atoms with Gasteiger partial charge in [-0.15, -0.1) is 0 Å². The van der Waals surface area contributed by atoms with Crippen molar-refractivity contribution >= 4 is 12.0 Å². The Morgan fingerprint density at radius 2 is 2.00 bits per heavy atom. The first-order valence-corrected chi connectivity index (χ1v) is 5.95. The first-order valence-electron chi connectivity index (χ1n) is 5.95. The number of aliphatic hydroxyl groups excluding tert-OH is 1. The molecule has 0 aliphatic rings. The number of aliphatic carboxylic acids is 1. The lowest BCUT2D eigenvalue weighted by Crippen LogP contribution is -2.45. The number of urea groups is 1. The molecule has 7 heteroatoms. The Morgan fingerprint density at radius 1 is 1.33 bits per heavy atom. The van der Waals surface area contributed by atoms with Gasteiger partial charge in [0.1, 0.15) is 0 Å². The molecule has 0 radical (unpaired) electrons. The molecule has 0 rings (SSSR count). The quantitative estimate of drug-likeness (QED) is 0.465. The maximum atomic E-state index is 11.4. The molecule has 0 aromatic rings. The highest BCUT2D eigenvalue weighted by Gasteiger charge is 2.14. The molecule has 2 atom stereocenters. The van der Waals surface area contributed by atoms with Gasteiger partial charge in [0.15, 0.2) is 6.10 Å². The van der Waals surface area contributed by atoms with E-state index in [9.17, 15) is 9.59 Å². The van der Waals surface area contributed by atoms with Crippen LogP contribution in [0.1, 0.15) is 26.2 Å². The van der Waals surface area contributed by atoms with Crippen molar-refractivity contribution in [2.75, 3.05) is 20.3 Å². The van der Waals surface area contributed by atoms with E-state index < -0.39 is 12.1 Å². The summed E-state index contributed by atoms with van der Waals surface area (Å²) in [6.45, 7) is 2.54. The largest absolute Gasteiger partial charge is 0.479 e. The summed E-state index contributed by atoms with van der Waals surface area (Å²) in [5.74, 6) is -1.29. The summed E-state index contributed by atoms with van der Waals surface area (Å²) in [4.78, 5) is 21.8. The molecule has 0 aromatic heterocycles. The Balaban J connectivity index is 3.83. The molecule has 2 amide bonds. The number of rotatable bonds is 9. The van der Waals surface area contributed by atoms with Crippen LogP contribution in [0.5, 0.6) is 0 Å². The number of aliphatic hydroxyl groups is 1. The van der Waals surface area contributed by atoms with E-state index in [1.165, 1.54) is 0 Å². The first-order chi connectivity index (χ1) is 8.51. The molecular formula is C11H22N2O5. The minimum Gasteiger partial charge on any atom is -0.479 e. The van der Waals surface area contributed by atoms with E-state index in [1.807, 2.05) is 6.92 Å². The van der Waals surface area contributed by atoms with Gasteiger partial charge < -0.3 is 25.6 Å². The van der Waals surface area contributed by atoms with E-state index in [2.05, 4.69) is 10.6 Å². The molecule has 0 heterocycles. The van der Waals surface area contributed by atoms with E-state index in [4.69, 9.17) is 14.9 Å². The fourth-order valence-electron chi connectivity index (χ4n) is 1.43. The highest BCUT2D eigenvalue weighted by molar-refractivity contribution is 5.74. The Kier molecular flexibility index (Phi) is 8.95. The molecular weight excluding hydrogens is 240 g/mol. The number of hydrogen-bond acceptors (Lipinski definition) is 4. The van der Waals surface area contributed by atoms with Crippen molar-refractivity contribution in [3.8, 4) is 0 Å². The topological polar surface area (TPSA) is 108 Å². The fraction of sp³-hybridized carbons (Fsp3) is 0.818. The van der Waals surface area contributed by atoms with Crippen LogP contribution in [0.15, 0.2) is 0 Å². The van der Waals surface area contributed by atoms with Gasteiger partial charge in [-0.05, 0) is 6.42 Å². The molecule has 0 bridgehead atoms. The highest BCUT2D eigenvalue weighted by atomic mass is 16.5. The van der Waals surface area contributed by atoms with E-state index in [1.54, 1.807) is 7.11 Å². The summed E-state index contributed by atoms with van der Waals surface area (Å²) in [5.41, 5.74) is 0.